The lowest BCUT2D eigenvalue weighted by Gasteiger charge is -2.29. The van der Waals surface area contributed by atoms with Crippen LogP contribution in [-0.4, -0.2) is 42.5 Å². The van der Waals surface area contributed by atoms with Crippen molar-refractivity contribution >= 4 is 16.8 Å². The van der Waals surface area contributed by atoms with Gasteiger partial charge in [-0.15, -0.1) is 0 Å². The molecule has 0 saturated carbocycles. The summed E-state index contributed by atoms with van der Waals surface area (Å²) in [6, 6.07) is 8.04. The number of aromatic nitrogens is 1. The molecule has 1 fully saturated rings. The van der Waals surface area contributed by atoms with Crippen LogP contribution in [0.5, 0.6) is 0 Å². The molecule has 0 radical (unpaired) electrons. The normalized spacial score (nSPS) is 19.0. The number of hydrogen-bond donors (Lipinski definition) is 1. The lowest BCUT2D eigenvalue weighted by molar-refractivity contribution is 0.0936. The second kappa shape index (κ2) is 6.67. The van der Waals surface area contributed by atoms with Crippen LogP contribution in [0.2, 0.25) is 0 Å². The van der Waals surface area contributed by atoms with Crippen LogP contribution in [0.15, 0.2) is 24.3 Å². The van der Waals surface area contributed by atoms with Crippen molar-refractivity contribution in [1.82, 2.24) is 15.2 Å². The molecule has 2 heterocycles. The van der Waals surface area contributed by atoms with E-state index in [1.807, 2.05) is 38.1 Å². The van der Waals surface area contributed by atoms with E-state index in [0.29, 0.717) is 11.5 Å². The highest BCUT2D eigenvalue weighted by Crippen LogP contribution is 2.20. The maximum absolute atomic E-state index is 12.6. The highest BCUT2D eigenvalue weighted by Gasteiger charge is 2.19. The largest absolute Gasteiger partial charge is 0.352 e. The Morgan fingerprint density at radius 1 is 1.39 bits per heavy atom. The zero-order chi connectivity index (χ0) is 16.4. The number of carbonyl (C=O) groups is 1. The van der Waals surface area contributed by atoms with E-state index in [9.17, 15) is 4.79 Å². The van der Waals surface area contributed by atoms with Gasteiger partial charge in [-0.3, -0.25) is 9.78 Å². The van der Waals surface area contributed by atoms with Gasteiger partial charge in [-0.25, -0.2) is 0 Å². The Morgan fingerprint density at radius 2 is 2.22 bits per heavy atom. The van der Waals surface area contributed by atoms with Gasteiger partial charge in [0.2, 0.25) is 0 Å². The number of pyridine rings is 1. The van der Waals surface area contributed by atoms with Crippen molar-refractivity contribution in [3.63, 3.8) is 0 Å². The minimum atomic E-state index is -0.00775. The van der Waals surface area contributed by atoms with Crippen LogP contribution in [0.4, 0.5) is 0 Å². The Hall–Kier alpha value is -1.94. The Morgan fingerprint density at radius 3 is 3.00 bits per heavy atom. The minimum absolute atomic E-state index is 0.00775. The fourth-order valence-electron chi connectivity index (χ4n) is 3.44. The van der Waals surface area contributed by atoms with Crippen molar-refractivity contribution in [2.75, 3.05) is 26.7 Å². The minimum Gasteiger partial charge on any atom is -0.352 e. The summed E-state index contributed by atoms with van der Waals surface area (Å²) < 4.78 is 0. The number of fused-ring (bicyclic) bond motifs is 1. The quantitative estimate of drug-likeness (QED) is 0.948. The van der Waals surface area contributed by atoms with Crippen molar-refractivity contribution in [1.29, 1.82) is 0 Å². The number of benzene rings is 1. The highest BCUT2D eigenvalue weighted by atomic mass is 16.1. The molecular formula is C19H25N3O. The van der Waals surface area contributed by atoms with Gasteiger partial charge in [0, 0.05) is 18.5 Å². The molecule has 3 rings (SSSR count). The number of para-hydroxylation sites is 1. The van der Waals surface area contributed by atoms with Gasteiger partial charge < -0.3 is 10.2 Å². The maximum atomic E-state index is 12.6. The number of aryl methyl sites for hydroxylation is 2. The number of hydrogen-bond acceptors (Lipinski definition) is 3. The second-order valence-corrected chi connectivity index (χ2v) is 6.75. The predicted octanol–water partition coefficient (Wildman–Crippen LogP) is 2.92. The molecule has 1 saturated heterocycles. The van der Waals surface area contributed by atoms with E-state index in [0.717, 1.165) is 41.8 Å². The molecular weight excluding hydrogens is 286 g/mol. The smallest absolute Gasteiger partial charge is 0.253 e. The van der Waals surface area contributed by atoms with Gasteiger partial charge in [0.15, 0.2) is 0 Å². The van der Waals surface area contributed by atoms with Crippen molar-refractivity contribution in [3.8, 4) is 0 Å². The summed E-state index contributed by atoms with van der Waals surface area (Å²) in [6.45, 7) is 6.93. The van der Waals surface area contributed by atoms with Gasteiger partial charge in [-0.05, 0) is 57.8 Å². The third-order valence-corrected chi connectivity index (χ3v) is 4.76. The molecule has 1 aromatic heterocycles. The van der Waals surface area contributed by atoms with Crippen molar-refractivity contribution < 1.29 is 4.79 Å². The first-order chi connectivity index (χ1) is 11.0. The van der Waals surface area contributed by atoms with Gasteiger partial charge in [-0.1, -0.05) is 18.2 Å². The van der Waals surface area contributed by atoms with E-state index in [1.165, 1.54) is 12.8 Å². The van der Waals surface area contributed by atoms with Crippen LogP contribution in [0.3, 0.4) is 0 Å². The van der Waals surface area contributed by atoms with Crippen molar-refractivity contribution in [2.24, 2.45) is 5.92 Å². The lowest BCUT2D eigenvalue weighted by Crippen LogP contribution is -2.39. The van der Waals surface area contributed by atoms with Crippen molar-refractivity contribution in [3.05, 3.63) is 41.1 Å². The molecule has 0 spiro atoms. The molecule has 1 aliphatic heterocycles. The molecule has 1 unspecified atom stereocenters. The highest BCUT2D eigenvalue weighted by molar-refractivity contribution is 5.99. The van der Waals surface area contributed by atoms with Gasteiger partial charge >= 0.3 is 0 Å². The standard InChI is InChI=1S/C19H25N3O/c1-13-6-4-8-16-10-17(14(2)21-18(13)16)19(23)20-11-15-7-5-9-22(3)12-15/h4,6,8,10,15H,5,7,9,11-12H2,1-3H3,(H,20,23). The molecule has 23 heavy (non-hydrogen) atoms. The molecule has 0 aliphatic carbocycles. The molecule has 1 N–H and O–H groups in total. The summed E-state index contributed by atoms with van der Waals surface area (Å²) in [5.74, 6) is 0.542. The lowest BCUT2D eigenvalue weighted by atomic mass is 9.98. The summed E-state index contributed by atoms with van der Waals surface area (Å²) in [4.78, 5) is 19.5. The van der Waals surface area contributed by atoms with Crippen LogP contribution in [0.1, 0.15) is 34.5 Å². The summed E-state index contributed by atoms with van der Waals surface area (Å²) in [6.07, 6.45) is 2.41. The van der Waals surface area contributed by atoms with E-state index in [1.54, 1.807) is 0 Å². The number of amides is 1. The van der Waals surface area contributed by atoms with Gasteiger partial charge in [0.1, 0.15) is 0 Å². The number of likely N-dealkylation sites (tertiary alicyclic amines) is 1. The third kappa shape index (κ3) is 3.53. The summed E-state index contributed by atoms with van der Waals surface area (Å²) in [7, 11) is 2.15. The molecule has 1 atom stereocenters. The summed E-state index contributed by atoms with van der Waals surface area (Å²) in [5.41, 5.74) is 3.61. The fourth-order valence-corrected chi connectivity index (χ4v) is 3.44. The van der Waals surface area contributed by atoms with Crippen LogP contribution in [0, 0.1) is 19.8 Å². The van der Waals surface area contributed by atoms with E-state index < -0.39 is 0 Å². The number of piperidine rings is 1. The molecule has 1 aliphatic rings. The van der Waals surface area contributed by atoms with E-state index in [-0.39, 0.29) is 5.91 Å². The molecule has 1 aromatic carbocycles. The first-order valence-electron chi connectivity index (χ1n) is 8.38. The van der Waals surface area contributed by atoms with Crippen LogP contribution < -0.4 is 5.32 Å². The SMILES string of the molecule is Cc1nc2c(C)cccc2cc1C(=O)NCC1CCCN(C)C1. The van der Waals surface area contributed by atoms with Crippen LogP contribution >= 0.6 is 0 Å². The fraction of sp³-hybridized carbons (Fsp3) is 0.474. The third-order valence-electron chi connectivity index (χ3n) is 4.76. The molecule has 4 nitrogen and oxygen atoms in total. The Balaban J connectivity index is 1.74. The van der Waals surface area contributed by atoms with E-state index in [4.69, 9.17) is 0 Å². The Labute approximate surface area is 137 Å². The van der Waals surface area contributed by atoms with Gasteiger partial charge in [-0.2, -0.15) is 0 Å². The second-order valence-electron chi connectivity index (χ2n) is 6.75. The summed E-state index contributed by atoms with van der Waals surface area (Å²) in [5, 5.41) is 4.13. The van der Waals surface area contributed by atoms with Crippen molar-refractivity contribution in [2.45, 2.75) is 26.7 Å². The first kappa shape index (κ1) is 15.9. The monoisotopic (exact) mass is 311 g/mol. The van der Waals surface area contributed by atoms with Gasteiger partial charge in [0.05, 0.1) is 16.8 Å². The number of rotatable bonds is 3. The Kier molecular flexibility index (Phi) is 4.62. The maximum Gasteiger partial charge on any atom is 0.253 e. The zero-order valence-electron chi connectivity index (χ0n) is 14.2. The zero-order valence-corrected chi connectivity index (χ0v) is 14.2. The molecule has 2 aromatic rings. The topological polar surface area (TPSA) is 45.2 Å². The van der Waals surface area contributed by atoms with Crippen LogP contribution in [0.25, 0.3) is 10.9 Å². The molecule has 1 amide bonds. The molecule has 4 heteroatoms. The molecule has 0 bridgehead atoms. The average Bonchev–Trinajstić information content (AvgIpc) is 2.53. The average molecular weight is 311 g/mol. The number of carbonyl (C=O) groups excluding carboxylic acids is 1. The number of nitrogens with one attached hydrogen (secondary N) is 1. The Bertz CT molecular complexity index is 726. The first-order valence-corrected chi connectivity index (χ1v) is 8.38. The number of nitrogens with zero attached hydrogens (tertiary/aromatic N) is 2. The van der Waals surface area contributed by atoms with Gasteiger partial charge in [0.25, 0.3) is 5.91 Å². The van der Waals surface area contributed by atoms with E-state index in [2.05, 4.69) is 22.2 Å². The predicted molar refractivity (Wildman–Crippen MR) is 93.8 cm³/mol. The van der Waals surface area contributed by atoms with Crippen LogP contribution in [-0.2, 0) is 0 Å². The molecule has 122 valence electrons. The summed E-state index contributed by atoms with van der Waals surface area (Å²) >= 11 is 0. The van der Waals surface area contributed by atoms with E-state index >= 15 is 0 Å².